The number of morpholine rings is 1. The minimum Gasteiger partial charge on any atom is -0.449 e. The highest BCUT2D eigenvalue weighted by molar-refractivity contribution is 7.96. The largest absolute Gasteiger partial charge is 0.449 e. The summed E-state index contributed by atoms with van der Waals surface area (Å²) in [5, 5.41) is 2.13. The van der Waals surface area contributed by atoms with Gasteiger partial charge >= 0.3 is 0 Å². The lowest BCUT2D eigenvalue weighted by Gasteiger charge is -2.23. The Labute approximate surface area is 98.5 Å². The molecule has 4 heteroatoms. The molecule has 1 fully saturated rings. The minimum absolute atomic E-state index is 0.813. The smallest absolute Gasteiger partial charge is 0.176 e. The molecular formula is C12H13NO2S. The summed E-state index contributed by atoms with van der Waals surface area (Å²) >= 11 is 1.68. The summed E-state index contributed by atoms with van der Waals surface area (Å²) in [6.07, 6.45) is 0. The van der Waals surface area contributed by atoms with Crippen molar-refractivity contribution in [2.45, 2.75) is 5.09 Å². The van der Waals surface area contributed by atoms with Gasteiger partial charge < -0.3 is 9.15 Å². The molecule has 3 rings (SSSR count). The molecule has 0 atom stereocenters. The van der Waals surface area contributed by atoms with Crippen molar-refractivity contribution in [1.29, 1.82) is 0 Å². The van der Waals surface area contributed by atoms with Gasteiger partial charge in [-0.15, -0.1) is 0 Å². The van der Waals surface area contributed by atoms with Gasteiger partial charge in [-0.05, 0) is 24.1 Å². The molecule has 0 radical (unpaired) electrons. The van der Waals surface area contributed by atoms with E-state index in [0.717, 1.165) is 37.0 Å². The van der Waals surface area contributed by atoms with Crippen molar-refractivity contribution < 1.29 is 9.15 Å². The quantitative estimate of drug-likeness (QED) is 0.747. The SMILES string of the molecule is c1ccc2oc(SN3CCOCC3)cc2c1. The monoisotopic (exact) mass is 235 g/mol. The molecule has 1 saturated heterocycles. The number of para-hydroxylation sites is 1. The summed E-state index contributed by atoms with van der Waals surface area (Å²) in [5.74, 6) is 0. The lowest BCUT2D eigenvalue weighted by molar-refractivity contribution is 0.0770. The third-order valence-electron chi connectivity index (χ3n) is 2.59. The number of furan rings is 1. The molecule has 2 heterocycles. The molecule has 1 aromatic carbocycles. The van der Waals surface area contributed by atoms with Gasteiger partial charge in [0.25, 0.3) is 0 Å². The zero-order chi connectivity index (χ0) is 10.8. The van der Waals surface area contributed by atoms with Gasteiger partial charge in [0.15, 0.2) is 5.09 Å². The van der Waals surface area contributed by atoms with Crippen molar-refractivity contribution in [1.82, 2.24) is 4.31 Å². The molecular weight excluding hydrogens is 222 g/mol. The van der Waals surface area contributed by atoms with E-state index in [1.54, 1.807) is 11.9 Å². The third-order valence-corrected chi connectivity index (χ3v) is 3.60. The van der Waals surface area contributed by atoms with Crippen LogP contribution in [0.3, 0.4) is 0 Å². The average Bonchev–Trinajstić information content (AvgIpc) is 2.72. The Morgan fingerprint density at radius 2 is 1.94 bits per heavy atom. The van der Waals surface area contributed by atoms with Gasteiger partial charge in [0.05, 0.1) is 13.2 Å². The van der Waals surface area contributed by atoms with Gasteiger partial charge in [0.2, 0.25) is 0 Å². The number of nitrogens with zero attached hydrogens (tertiary/aromatic N) is 1. The van der Waals surface area contributed by atoms with Crippen LogP contribution in [0.2, 0.25) is 0 Å². The van der Waals surface area contributed by atoms with Crippen molar-refractivity contribution in [2.24, 2.45) is 0 Å². The van der Waals surface area contributed by atoms with E-state index in [0.29, 0.717) is 0 Å². The molecule has 2 aromatic rings. The maximum absolute atomic E-state index is 5.75. The van der Waals surface area contributed by atoms with Crippen molar-refractivity contribution in [3.63, 3.8) is 0 Å². The fourth-order valence-electron chi connectivity index (χ4n) is 1.77. The first-order chi connectivity index (χ1) is 7.92. The van der Waals surface area contributed by atoms with Crippen LogP contribution in [0.15, 0.2) is 39.8 Å². The first kappa shape index (κ1) is 10.2. The summed E-state index contributed by atoms with van der Waals surface area (Å²) in [7, 11) is 0. The number of benzene rings is 1. The second-order valence-electron chi connectivity index (χ2n) is 3.74. The number of fused-ring (bicyclic) bond motifs is 1. The highest BCUT2D eigenvalue weighted by Crippen LogP contribution is 2.29. The fraction of sp³-hybridized carbons (Fsp3) is 0.333. The van der Waals surface area contributed by atoms with Gasteiger partial charge in [-0.2, -0.15) is 0 Å². The third kappa shape index (κ3) is 2.09. The predicted octanol–water partition coefficient (Wildman–Crippen LogP) is 2.77. The van der Waals surface area contributed by atoms with E-state index in [9.17, 15) is 0 Å². The van der Waals surface area contributed by atoms with Crippen LogP contribution in [0.1, 0.15) is 0 Å². The highest BCUT2D eigenvalue weighted by atomic mass is 32.2. The zero-order valence-electron chi connectivity index (χ0n) is 8.89. The van der Waals surface area contributed by atoms with E-state index in [2.05, 4.69) is 16.4 Å². The molecule has 0 amide bonds. The van der Waals surface area contributed by atoms with E-state index >= 15 is 0 Å². The van der Waals surface area contributed by atoms with Gasteiger partial charge in [0.1, 0.15) is 5.58 Å². The molecule has 16 heavy (non-hydrogen) atoms. The molecule has 0 unspecified atom stereocenters. The maximum Gasteiger partial charge on any atom is 0.176 e. The minimum atomic E-state index is 0.813. The van der Waals surface area contributed by atoms with Gasteiger partial charge in [-0.25, -0.2) is 4.31 Å². The van der Waals surface area contributed by atoms with Crippen molar-refractivity contribution in [3.8, 4) is 0 Å². The van der Waals surface area contributed by atoms with E-state index in [1.807, 2.05) is 18.2 Å². The Kier molecular flexibility index (Phi) is 2.86. The summed E-state index contributed by atoms with van der Waals surface area (Å²) < 4.78 is 13.3. The number of ether oxygens (including phenoxy) is 1. The summed E-state index contributed by atoms with van der Waals surface area (Å²) in [4.78, 5) is 0. The van der Waals surface area contributed by atoms with Gasteiger partial charge in [-0.1, -0.05) is 18.2 Å². The lowest BCUT2D eigenvalue weighted by Crippen LogP contribution is -2.30. The molecule has 0 saturated carbocycles. The second-order valence-corrected chi connectivity index (χ2v) is 4.84. The predicted molar refractivity (Wildman–Crippen MR) is 64.5 cm³/mol. The van der Waals surface area contributed by atoms with Crippen LogP contribution in [-0.4, -0.2) is 30.6 Å². The highest BCUT2D eigenvalue weighted by Gasteiger charge is 2.14. The Morgan fingerprint density at radius 3 is 2.75 bits per heavy atom. The van der Waals surface area contributed by atoms with Crippen LogP contribution < -0.4 is 0 Å². The first-order valence-electron chi connectivity index (χ1n) is 5.41. The maximum atomic E-state index is 5.75. The molecule has 0 spiro atoms. The molecule has 1 aliphatic rings. The van der Waals surface area contributed by atoms with Crippen molar-refractivity contribution in [2.75, 3.05) is 26.3 Å². The summed E-state index contributed by atoms with van der Waals surface area (Å²) in [6.45, 7) is 3.55. The number of hydrogen-bond acceptors (Lipinski definition) is 4. The molecule has 0 N–H and O–H groups in total. The molecule has 1 aromatic heterocycles. The van der Waals surface area contributed by atoms with Crippen LogP contribution in [0.5, 0.6) is 0 Å². The number of hydrogen-bond donors (Lipinski definition) is 0. The van der Waals surface area contributed by atoms with E-state index in [1.165, 1.54) is 5.39 Å². The standard InChI is InChI=1S/C12H13NO2S/c1-2-4-11-10(3-1)9-12(15-11)16-13-5-7-14-8-6-13/h1-4,9H,5-8H2. The zero-order valence-corrected chi connectivity index (χ0v) is 9.70. The Balaban J connectivity index is 1.78. The molecule has 84 valence electrons. The Morgan fingerprint density at radius 1 is 1.12 bits per heavy atom. The van der Waals surface area contributed by atoms with Crippen LogP contribution in [-0.2, 0) is 4.74 Å². The Bertz CT molecular complexity index is 444. The average molecular weight is 235 g/mol. The van der Waals surface area contributed by atoms with Crippen LogP contribution >= 0.6 is 11.9 Å². The van der Waals surface area contributed by atoms with Crippen LogP contribution in [0, 0.1) is 0 Å². The molecule has 1 aliphatic heterocycles. The number of rotatable bonds is 2. The van der Waals surface area contributed by atoms with Gasteiger partial charge in [0, 0.05) is 18.5 Å². The van der Waals surface area contributed by atoms with E-state index in [4.69, 9.17) is 9.15 Å². The fourth-order valence-corrected chi connectivity index (χ4v) is 2.66. The molecule has 3 nitrogen and oxygen atoms in total. The summed E-state index contributed by atoms with van der Waals surface area (Å²) in [6, 6.07) is 10.2. The van der Waals surface area contributed by atoms with E-state index < -0.39 is 0 Å². The van der Waals surface area contributed by atoms with E-state index in [-0.39, 0.29) is 0 Å². The lowest BCUT2D eigenvalue weighted by atomic mass is 10.3. The topological polar surface area (TPSA) is 25.6 Å². The Hall–Kier alpha value is -0.970. The summed E-state index contributed by atoms with van der Waals surface area (Å²) in [5.41, 5.74) is 0.957. The van der Waals surface area contributed by atoms with Crippen LogP contribution in [0.25, 0.3) is 11.0 Å². The normalized spacial score (nSPS) is 18.0. The van der Waals surface area contributed by atoms with Gasteiger partial charge in [-0.3, -0.25) is 0 Å². The molecule has 0 aliphatic carbocycles. The molecule has 0 bridgehead atoms. The van der Waals surface area contributed by atoms with Crippen LogP contribution in [0.4, 0.5) is 0 Å². The van der Waals surface area contributed by atoms with Crippen molar-refractivity contribution >= 4 is 22.9 Å². The second kappa shape index (κ2) is 4.49. The first-order valence-corrected chi connectivity index (χ1v) is 6.18. The van der Waals surface area contributed by atoms with Crippen molar-refractivity contribution in [3.05, 3.63) is 30.3 Å².